The third-order valence-electron chi connectivity index (χ3n) is 3.09. The Morgan fingerprint density at radius 1 is 1.61 bits per heavy atom. The van der Waals surface area contributed by atoms with E-state index in [1.807, 2.05) is 0 Å². The maximum absolute atomic E-state index is 11.6. The first kappa shape index (κ1) is 12.7. The standard InChI is InChI=1S/C11H14N2O5/c1-6-3-13(11(17)12-10(6)16)9-2-7(4-14)8(5-15)18-9/h3-4,7-9,15H,2,5H2,1H3,(H,12,16,17)/t7-,8-,9-/m1/s1. The fourth-order valence-electron chi connectivity index (χ4n) is 2.04. The number of aldehydes is 1. The lowest BCUT2D eigenvalue weighted by Gasteiger charge is -2.14. The van der Waals surface area contributed by atoms with Crippen molar-refractivity contribution in [2.75, 3.05) is 6.61 Å². The van der Waals surface area contributed by atoms with Crippen molar-refractivity contribution in [1.29, 1.82) is 0 Å². The van der Waals surface area contributed by atoms with Gasteiger partial charge < -0.3 is 14.6 Å². The lowest BCUT2D eigenvalue weighted by molar-refractivity contribution is -0.113. The zero-order valence-electron chi connectivity index (χ0n) is 9.83. The molecule has 2 heterocycles. The first-order chi connectivity index (χ1) is 8.56. The summed E-state index contributed by atoms with van der Waals surface area (Å²) < 4.78 is 6.67. The molecule has 2 rings (SSSR count). The monoisotopic (exact) mass is 254 g/mol. The second kappa shape index (κ2) is 4.87. The number of H-pyrrole nitrogens is 1. The average Bonchev–Trinajstić information content (AvgIpc) is 2.76. The first-order valence-corrected chi connectivity index (χ1v) is 5.60. The van der Waals surface area contributed by atoms with E-state index in [0.717, 1.165) is 0 Å². The molecule has 0 aliphatic carbocycles. The van der Waals surface area contributed by atoms with Crippen LogP contribution >= 0.6 is 0 Å². The Balaban J connectivity index is 2.34. The second-order valence-corrected chi connectivity index (χ2v) is 4.33. The Hall–Kier alpha value is -1.73. The maximum atomic E-state index is 11.6. The van der Waals surface area contributed by atoms with E-state index in [1.54, 1.807) is 6.92 Å². The lowest BCUT2D eigenvalue weighted by atomic mass is 10.0. The molecule has 98 valence electrons. The molecule has 18 heavy (non-hydrogen) atoms. The summed E-state index contributed by atoms with van der Waals surface area (Å²) in [5, 5.41) is 9.07. The molecule has 1 aromatic rings. The summed E-state index contributed by atoms with van der Waals surface area (Å²) in [4.78, 5) is 35.9. The third kappa shape index (κ3) is 2.14. The fraction of sp³-hybridized carbons (Fsp3) is 0.545. The van der Waals surface area contributed by atoms with Gasteiger partial charge in [-0.15, -0.1) is 0 Å². The van der Waals surface area contributed by atoms with Gasteiger partial charge in [0.2, 0.25) is 0 Å². The van der Waals surface area contributed by atoms with Crippen molar-refractivity contribution in [3.05, 3.63) is 32.6 Å². The minimum absolute atomic E-state index is 0.281. The number of ether oxygens (including phenoxy) is 1. The van der Waals surface area contributed by atoms with Crippen LogP contribution < -0.4 is 11.2 Å². The van der Waals surface area contributed by atoms with Gasteiger partial charge in [-0.3, -0.25) is 14.3 Å². The molecule has 1 aromatic heterocycles. The predicted octanol–water partition coefficient (Wildman–Crippen LogP) is -1.06. The van der Waals surface area contributed by atoms with Crippen LogP contribution in [0.5, 0.6) is 0 Å². The van der Waals surface area contributed by atoms with Crippen molar-refractivity contribution in [2.24, 2.45) is 5.92 Å². The Morgan fingerprint density at radius 3 is 2.89 bits per heavy atom. The van der Waals surface area contributed by atoms with Gasteiger partial charge in [0, 0.05) is 24.1 Å². The van der Waals surface area contributed by atoms with Gasteiger partial charge in [0.15, 0.2) is 0 Å². The lowest BCUT2D eigenvalue weighted by Crippen LogP contribution is -2.33. The Labute approximate surface area is 102 Å². The summed E-state index contributed by atoms with van der Waals surface area (Å²) in [6.07, 6.45) is 1.17. The molecule has 1 fully saturated rings. The quantitative estimate of drug-likeness (QED) is 0.669. The van der Waals surface area contributed by atoms with E-state index in [1.165, 1.54) is 10.8 Å². The molecule has 2 N–H and O–H groups in total. The van der Waals surface area contributed by atoms with Crippen molar-refractivity contribution in [2.45, 2.75) is 25.7 Å². The van der Waals surface area contributed by atoms with E-state index < -0.39 is 29.5 Å². The highest BCUT2D eigenvalue weighted by Crippen LogP contribution is 2.30. The molecule has 1 aliphatic rings. The molecule has 7 heteroatoms. The minimum atomic E-state index is -0.639. The van der Waals surface area contributed by atoms with Crippen LogP contribution in [0, 0.1) is 12.8 Å². The molecule has 3 atom stereocenters. The largest absolute Gasteiger partial charge is 0.394 e. The Kier molecular flexibility index (Phi) is 3.44. The van der Waals surface area contributed by atoms with E-state index in [4.69, 9.17) is 9.84 Å². The molecule has 0 spiro atoms. The van der Waals surface area contributed by atoms with Crippen LogP contribution in [0.2, 0.25) is 0 Å². The number of hydrogen-bond donors (Lipinski definition) is 2. The zero-order chi connectivity index (χ0) is 13.3. The summed E-state index contributed by atoms with van der Waals surface area (Å²) in [6, 6.07) is 0. The molecule has 0 saturated carbocycles. The SMILES string of the molecule is Cc1cn([C@H]2C[C@H](C=O)[C@@H](CO)O2)c(=O)[nH]c1=O. The number of aryl methyl sites for hydroxylation is 1. The molecule has 0 radical (unpaired) electrons. The van der Waals surface area contributed by atoms with Crippen LogP contribution in [-0.2, 0) is 9.53 Å². The number of carbonyl (C=O) groups excluding carboxylic acids is 1. The molecule has 0 amide bonds. The van der Waals surface area contributed by atoms with E-state index in [0.29, 0.717) is 18.3 Å². The Bertz CT molecular complexity index is 561. The van der Waals surface area contributed by atoms with E-state index in [2.05, 4.69) is 4.98 Å². The van der Waals surface area contributed by atoms with Gasteiger partial charge in [-0.25, -0.2) is 4.79 Å². The number of nitrogens with zero attached hydrogens (tertiary/aromatic N) is 1. The van der Waals surface area contributed by atoms with Crippen molar-refractivity contribution in [3.63, 3.8) is 0 Å². The van der Waals surface area contributed by atoms with Crippen molar-refractivity contribution < 1.29 is 14.6 Å². The van der Waals surface area contributed by atoms with Crippen molar-refractivity contribution >= 4 is 6.29 Å². The number of aliphatic hydroxyl groups is 1. The van der Waals surface area contributed by atoms with Gasteiger partial charge in [-0.1, -0.05) is 0 Å². The van der Waals surface area contributed by atoms with E-state index in [9.17, 15) is 14.4 Å². The predicted molar refractivity (Wildman–Crippen MR) is 61.2 cm³/mol. The maximum Gasteiger partial charge on any atom is 0.330 e. The zero-order valence-corrected chi connectivity index (χ0v) is 9.83. The number of aromatic nitrogens is 2. The molecular formula is C11H14N2O5. The van der Waals surface area contributed by atoms with Crippen molar-refractivity contribution in [1.82, 2.24) is 9.55 Å². The molecular weight excluding hydrogens is 240 g/mol. The van der Waals surface area contributed by atoms with Crippen LogP contribution in [0.25, 0.3) is 0 Å². The fourth-order valence-corrected chi connectivity index (χ4v) is 2.04. The molecule has 1 aliphatic heterocycles. The van der Waals surface area contributed by atoms with Gasteiger partial charge in [0.1, 0.15) is 12.5 Å². The summed E-state index contributed by atoms with van der Waals surface area (Å²) in [6.45, 7) is 1.29. The third-order valence-corrected chi connectivity index (χ3v) is 3.09. The van der Waals surface area contributed by atoms with Gasteiger partial charge in [-0.05, 0) is 6.92 Å². The highest BCUT2D eigenvalue weighted by molar-refractivity contribution is 5.55. The first-order valence-electron chi connectivity index (χ1n) is 5.60. The highest BCUT2D eigenvalue weighted by Gasteiger charge is 2.36. The smallest absolute Gasteiger partial charge is 0.330 e. The van der Waals surface area contributed by atoms with E-state index in [-0.39, 0.29) is 6.61 Å². The van der Waals surface area contributed by atoms with Crippen molar-refractivity contribution in [3.8, 4) is 0 Å². The number of nitrogens with one attached hydrogen (secondary N) is 1. The number of aliphatic hydroxyl groups excluding tert-OH is 1. The summed E-state index contributed by atoms with van der Waals surface area (Å²) in [5.74, 6) is -0.445. The van der Waals surface area contributed by atoms with Gasteiger partial charge in [-0.2, -0.15) is 0 Å². The molecule has 0 bridgehead atoms. The van der Waals surface area contributed by atoms with Crippen LogP contribution in [-0.4, -0.2) is 33.7 Å². The van der Waals surface area contributed by atoms with Crippen LogP contribution in [0.4, 0.5) is 0 Å². The second-order valence-electron chi connectivity index (χ2n) is 4.33. The number of carbonyl (C=O) groups is 1. The summed E-state index contributed by atoms with van der Waals surface area (Å²) in [5.41, 5.74) is -0.646. The van der Waals surface area contributed by atoms with Crippen LogP contribution in [0.1, 0.15) is 18.2 Å². The van der Waals surface area contributed by atoms with Gasteiger partial charge >= 0.3 is 5.69 Å². The molecule has 0 unspecified atom stereocenters. The number of rotatable bonds is 3. The molecule has 0 aromatic carbocycles. The normalized spacial score (nSPS) is 27.3. The van der Waals surface area contributed by atoms with Crippen LogP contribution in [0.3, 0.4) is 0 Å². The summed E-state index contributed by atoms with van der Waals surface area (Å²) >= 11 is 0. The highest BCUT2D eigenvalue weighted by atomic mass is 16.5. The summed E-state index contributed by atoms with van der Waals surface area (Å²) in [7, 11) is 0. The van der Waals surface area contributed by atoms with Gasteiger partial charge in [0.05, 0.1) is 12.7 Å². The topological polar surface area (TPSA) is 101 Å². The minimum Gasteiger partial charge on any atom is -0.394 e. The number of aromatic amines is 1. The van der Waals surface area contributed by atoms with E-state index >= 15 is 0 Å². The number of hydrogen-bond acceptors (Lipinski definition) is 5. The Morgan fingerprint density at radius 2 is 2.33 bits per heavy atom. The molecule has 1 saturated heterocycles. The van der Waals surface area contributed by atoms with Crippen LogP contribution in [0.15, 0.2) is 15.8 Å². The van der Waals surface area contributed by atoms with Gasteiger partial charge in [0.25, 0.3) is 5.56 Å². The average molecular weight is 254 g/mol. The molecule has 7 nitrogen and oxygen atoms in total.